The predicted molar refractivity (Wildman–Crippen MR) is 76.6 cm³/mol. The van der Waals surface area contributed by atoms with Crippen LogP contribution in [0.5, 0.6) is 0 Å². The Morgan fingerprint density at radius 1 is 1.44 bits per heavy atom. The Bertz CT molecular complexity index is 246. The van der Waals surface area contributed by atoms with Crippen LogP contribution >= 0.6 is 11.8 Å². The molecule has 0 aromatic heterocycles. The van der Waals surface area contributed by atoms with Crippen LogP contribution in [0, 0.1) is 11.3 Å². The monoisotopic (exact) mass is 274 g/mol. The normalized spacial score (nSPS) is 15.9. The second-order valence-electron chi connectivity index (χ2n) is 4.74. The minimum atomic E-state index is -0.606. The number of hydrogen-bond acceptors (Lipinski definition) is 5. The van der Waals surface area contributed by atoms with Gasteiger partial charge in [0.25, 0.3) is 0 Å². The van der Waals surface area contributed by atoms with Crippen LogP contribution in [0.3, 0.4) is 0 Å². The number of nitriles is 1. The fourth-order valence-corrected chi connectivity index (χ4v) is 2.49. The summed E-state index contributed by atoms with van der Waals surface area (Å²) in [5.74, 6) is 1.55. The summed E-state index contributed by atoms with van der Waals surface area (Å²) < 4.78 is 0. The van der Waals surface area contributed by atoms with Gasteiger partial charge in [0.15, 0.2) is 0 Å². The van der Waals surface area contributed by atoms with Crippen molar-refractivity contribution in [3.63, 3.8) is 0 Å². The molecule has 0 aromatic rings. The minimum Gasteiger partial charge on any atom is -0.394 e. The minimum absolute atomic E-state index is 0.166. The number of aliphatic hydroxyl groups excluding tert-OH is 2. The van der Waals surface area contributed by atoms with Gasteiger partial charge in [-0.3, -0.25) is 5.32 Å². The maximum absolute atomic E-state index is 9.15. The van der Waals surface area contributed by atoms with Crippen molar-refractivity contribution in [2.24, 2.45) is 0 Å². The summed E-state index contributed by atoms with van der Waals surface area (Å²) in [6.45, 7) is 4.75. The van der Waals surface area contributed by atoms with E-state index in [-0.39, 0.29) is 6.61 Å². The summed E-state index contributed by atoms with van der Waals surface area (Å²) in [5.41, 5.74) is -0.411. The summed E-state index contributed by atoms with van der Waals surface area (Å²) in [7, 11) is 0. The molecule has 0 aliphatic rings. The van der Waals surface area contributed by atoms with Crippen molar-refractivity contribution in [1.82, 2.24) is 5.32 Å². The topological polar surface area (TPSA) is 76.3 Å². The van der Waals surface area contributed by atoms with Gasteiger partial charge < -0.3 is 10.2 Å². The van der Waals surface area contributed by atoms with Gasteiger partial charge in [-0.15, -0.1) is 0 Å². The van der Waals surface area contributed by atoms with E-state index in [4.69, 9.17) is 15.5 Å². The highest BCUT2D eigenvalue weighted by molar-refractivity contribution is 7.99. The van der Waals surface area contributed by atoms with E-state index < -0.39 is 11.6 Å². The van der Waals surface area contributed by atoms with Crippen molar-refractivity contribution >= 4 is 11.8 Å². The van der Waals surface area contributed by atoms with E-state index in [2.05, 4.69) is 18.3 Å². The van der Waals surface area contributed by atoms with Crippen molar-refractivity contribution in [2.75, 3.05) is 24.7 Å². The summed E-state index contributed by atoms with van der Waals surface area (Å²) in [5, 5.41) is 30.2. The molecule has 0 spiro atoms. The largest absolute Gasteiger partial charge is 0.394 e. The summed E-state index contributed by atoms with van der Waals surface area (Å²) in [6.07, 6.45) is 3.32. The average Bonchev–Trinajstić information content (AvgIpc) is 2.40. The maximum Gasteiger partial charge on any atom is 0.103 e. The Balaban J connectivity index is 3.60. The SMILES string of the molecule is CCCNC(C)(C#N)CCCCSCC(O)CO. The molecule has 0 saturated carbocycles. The lowest BCUT2D eigenvalue weighted by molar-refractivity contribution is 0.113. The Hall–Kier alpha value is -0.280. The van der Waals surface area contributed by atoms with Crippen LogP contribution in [-0.2, 0) is 0 Å². The average molecular weight is 274 g/mol. The first kappa shape index (κ1) is 17.7. The third-order valence-corrected chi connectivity index (χ3v) is 3.95. The first-order valence-electron chi connectivity index (χ1n) is 6.61. The second kappa shape index (κ2) is 10.6. The highest BCUT2D eigenvalue weighted by Gasteiger charge is 2.21. The molecular weight excluding hydrogens is 248 g/mol. The van der Waals surface area contributed by atoms with Crippen molar-refractivity contribution in [2.45, 2.75) is 51.2 Å². The first-order chi connectivity index (χ1) is 8.58. The van der Waals surface area contributed by atoms with Gasteiger partial charge in [0.1, 0.15) is 5.54 Å². The Labute approximate surface area is 115 Å². The van der Waals surface area contributed by atoms with Gasteiger partial charge in [-0.1, -0.05) is 6.92 Å². The number of thioether (sulfide) groups is 1. The Kier molecular flexibility index (Phi) is 10.5. The molecule has 0 heterocycles. The van der Waals surface area contributed by atoms with Crippen LogP contribution in [0.1, 0.15) is 39.5 Å². The highest BCUT2D eigenvalue weighted by Crippen LogP contribution is 2.15. The second-order valence-corrected chi connectivity index (χ2v) is 5.89. The van der Waals surface area contributed by atoms with Crippen LogP contribution in [-0.4, -0.2) is 46.5 Å². The lowest BCUT2D eigenvalue weighted by atomic mass is 9.96. The molecule has 0 saturated heterocycles. The van der Waals surface area contributed by atoms with E-state index in [1.807, 2.05) is 6.92 Å². The summed E-state index contributed by atoms with van der Waals surface area (Å²) >= 11 is 1.65. The van der Waals surface area contributed by atoms with Gasteiger partial charge in [0.05, 0.1) is 18.8 Å². The number of hydrogen-bond donors (Lipinski definition) is 3. The molecule has 0 aromatic carbocycles. The van der Waals surface area contributed by atoms with Crippen LogP contribution in [0.25, 0.3) is 0 Å². The van der Waals surface area contributed by atoms with Gasteiger partial charge in [-0.25, -0.2) is 0 Å². The molecule has 4 nitrogen and oxygen atoms in total. The van der Waals surface area contributed by atoms with E-state index >= 15 is 0 Å². The van der Waals surface area contributed by atoms with Crippen LogP contribution in [0.4, 0.5) is 0 Å². The third-order valence-electron chi connectivity index (χ3n) is 2.75. The van der Waals surface area contributed by atoms with Crippen LogP contribution < -0.4 is 5.32 Å². The van der Waals surface area contributed by atoms with Crippen molar-refractivity contribution in [3.8, 4) is 6.07 Å². The zero-order valence-electron chi connectivity index (χ0n) is 11.5. The lowest BCUT2D eigenvalue weighted by Crippen LogP contribution is -2.41. The van der Waals surface area contributed by atoms with Crippen LogP contribution in [0.15, 0.2) is 0 Å². The molecule has 18 heavy (non-hydrogen) atoms. The zero-order chi connectivity index (χ0) is 13.9. The molecular formula is C13H26N2O2S. The van der Waals surface area contributed by atoms with E-state index in [0.717, 1.165) is 38.0 Å². The molecule has 0 bridgehead atoms. The van der Waals surface area contributed by atoms with Crippen molar-refractivity contribution < 1.29 is 10.2 Å². The molecule has 5 heteroatoms. The molecule has 0 rings (SSSR count). The van der Waals surface area contributed by atoms with Gasteiger partial charge >= 0.3 is 0 Å². The lowest BCUT2D eigenvalue weighted by Gasteiger charge is -2.22. The van der Waals surface area contributed by atoms with Gasteiger partial charge in [-0.05, 0) is 44.9 Å². The molecule has 106 valence electrons. The van der Waals surface area contributed by atoms with E-state index in [1.165, 1.54) is 0 Å². The third kappa shape index (κ3) is 8.76. The molecule has 0 amide bonds. The fraction of sp³-hybridized carbons (Fsp3) is 0.923. The number of rotatable bonds is 11. The molecule has 3 N–H and O–H groups in total. The van der Waals surface area contributed by atoms with Gasteiger partial charge in [0.2, 0.25) is 0 Å². The number of unbranched alkanes of at least 4 members (excludes halogenated alkanes) is 1. The number of nitrogens with one attached hydrogen (secondary N) is 1. The molecule has 0 fully saturated rings. The Morgan fingerprint density at radius 2 is 2.17 bits per heavy atom. The summed E-state index contributed by atoms with van der Waals surface area (Å²) in [4.78, 5) is 0. The molecule has 0 aliphatic heterocycles. The molecule has 2 atom stereocenters. The standard InChI is InChI=1S/C13H26N2O2S/c1-3-7-15-13(2,11-14)6-4-5-8-18-10-12(17)9-16/h12,15-17H,3-10H2,1-2H3. The van der Waals surface area contributed by atoms with Crippen molar-refractivity contribution in [3.05, 3.63) is 0 Å². The highest BCUT2D eigenvalue weighted by atomic mass is 32.2. The number of aliphatic hydroxyl groups is 2. The maximum atomic E-state index is 9.15. The smallest absolute Gasteiger partial charge is 0.103 e. The van der Waals surface area contributed by atoms with Crippen molar-refractivity contribution in [1.29, 1.82) is 5.26 Å². The fourth-order valence-electron chi connectivity index (χ4n) is 1.54. The predicted octanol–water partition coefficient (Wildman–Crippen LogP) is 1.52. The van der Waals surface area contributed by atoms with E-state index in [0.29, 0.717) is 5.75 Å². The van der Waals surface area contributed by atoms with Gasteiger partial charge in [0, 0.05) is 5.75 Å². The zero-order valence-corrected chi connectivity index (χ0v) is 12.3. The van der Waals surface area contributed by atoms with Gasteiger partial charge in [-0.2, -0.15) is 17.0 Å². The summed E-state index contributed by atoms with van der Waals surface area (Å²) in [6, 6.07) is 2.34. The molecule has 0 radical (unpaired) electrons. The molecule has 2 unspecified atom stereocenters. The van der Waals surface area contributed by atoms with Crippen LogP contribution in [0.2, 0.25) is 0 Å². The Morgan fingerprint density at radius 3 is 2.72 bits per heavy atom. The van der Waals surface area contributed by atoms with E-state index in [1.54, 1.807) is 11.8 Å². The quantitative estimate of drug-likeness (QED) is 0.498. The van der Waals surface area contributed by atoms with E-state index in [9.17, 15) is 0 Å². The first-order valence-corrected chi connectivity index (χ1v) is 7.76. The molecule has 0 aliphatic carbocycles. The number of nitrogens with zero attached hydrogens (tertiary/aromatic N) is 1.